The first-order chi connectivity index (χ1) is 13.8. The molecule has 4 nitrogen and oxygen atoms in total. The van der Waals surface area contributed by atoms with Crippen molar-refractivity contribution >= 4 is 12.0 Å². The fourth-order valence-corrected chi connectivity index (χ4v) is 3.68. The molecule has 0 spiro atoms. The summed E-state index contributed by atoms with van der Waals surface area (Å²) in [6.45, 7) is 8.68. The van der Waals surface area contributed by atoms with Gasteiger partial charge in [-0.1, -0.05) is 37.1 Å². The zero-order chi connectivity index (χ0) is 21.4. The lowest BCUT2D eigenvalue weighted by molar-refractivity contribution is -0.143. The van der Waals surface area contributed by atoms with Crippen molar-refractivity contribution in [2.45, 2.75) is 59.5 Å². The minimum absolute atomic E-state index is 0.0391. The standard InChI is InChI=1S/C25H34O4/c1-17(2)21-12-9-18(3)7-6-8-19(4)15-24(21)29-25(27)14-11-20-10-13-23(28-5)22(26)16-20/h7,10-11,13-17,21,24,26H,6,8-9,12H2,1-5H3/b14-11+,18-7+,19-15+/t21-,24-/m0/s1. The van der Waals surface area contributed by atoms with Gasteiger partial charge in [0.15, 0.2) is 11.5 Å². The Morgan fingerprint density at radius 2 is 1.97 bits per heavy atom. The van der Waals surface area contributed by atoms with Crippen LogP contribution in [0.1, 0.15) is 58.9 Å². The van der Waals surface area contributed by atoms with E-state index in [1.54, 1.807) is 24.3 Å². The first-order valence-corrected chi connectivity index (χ1v) is 10.4. The molecule has 0 aromatic heterocycles. The number of carbonyl (C=O) groups is 1. The number of carbonyl (C=O) groups excluding carboxylic acids is 1. The predicted molar refractivity (Wildman–Crippen MR) is 118 cm³/mol. The Bertz CT molecular complexity index is 786. The number of allylic oxidation sites excluding steroid dienone is 3. The van der Waals surface area contributed by atoms with Crippen LogP contribution in [0.2, 0.25) is 0 Å². The van der Waals surface area contributed by atoms with E-state index in [9.17, 15) is 9.90 Å². The van der Waals surface area contributed by atoms with E-state index in [4.69, 9.17) is 9.47 Å². The molecule has 158 valence electrons. The predicted octanol–water partition coefficient (Wildman–Crippen LogP) is 6.06. The fraction of sp³-hybridized carbons (Fsp3) is 0.480. The zero-order valence-electron chi connectivity index (χ0n) is 18.3. The van der Waals surface area contributed by atoms with Crippen molar-refractivity contribution in [3.8, 4) is 11.5 Å². The molecule has 1 aliphatic rings. The highest BCUT2D eigenvalue weighted by molar-refractivity contribution is 5.87. The van der Waals surface area contributed by atoms with Gasteiger partial charge in [0, 0.05) is 12.0 Å². The third-order valence-corrected chi connectivity index (χ3v) is 5.50. The van der Waals surface area contributed by atoms with Crippen molar-refractivity contribution in [3.05, 3.63) is 53.1 Å². The average Bonchev–Trinajstić information content (AvgIpc) is 2.66. The molecule has 0 bridgehead atoms. The van der Waals surface area contributed by atoms with Crippen LogP contribution in [0, 0.1) is 11.8 Å². The molecule has 0 heterocycles. The largest absolute Gasteiger partial charge is 0.504 e. The molecule has 0 fully saturated rings. The molecule has 29 heavy (non-hydrogen) atoms. The molecule has 1 aliphatic carbocycles. The molecule has 0 saturated carbocycles. The first kappa shape index (κ1) is 22.8. The maximum absolute atomic E-state index is 12.5. The summed E-state index contributed by atoms with van der Waals surface area (Å²) in [4.78, 5) is 12.5. The van der Waals surface area contributed by atoms with Gasteiger partial charge in [-0.05, 0) is 75.3 Å². The minimum atomic E-state index is -0.371. The second-order valence-corrected chi connectivity index (χ2v) is 8.21. The van der Waals surface area contributed by atoms with Crippen LogP contribution >= 0.6 is 0 Å². The topological polar surface area (TPSA) is 55.8 Å². The monoisotopic (exact) mass is 398 g/mol. The summed E-state index contributed by atoms with van der Waals surface area (Å²) in [6.07, 6.45) is 11.3. The van der Waals surface area contributed by atoms with E-state index in [1.807, 2.05) is 0 Å². The number of esters is 1. The molecule has 1 aromatic carbocycles. The molecule has 2 atom stereocenters. The van der Waals surface area contributed by atoms with Gasteiger partial charge in [0.2, 0.25) is 0 Å². The van der Waals surface area contributed by atoms with Gasteiger partial charge < -0.3 is 14.6 Å². The summed E-state index contributed by atoms with van der Waals surface area (Å²) in [5, 5.41) is 9.88. The molecule has 0 unspecified atom stereocenters. The maximum Gasteiger partial charge on any atom is 0.331 e. The highest BCUT2D eigenvalue weighted by atomic mass is 16.5. The Morgan fingerprint density at radius 1 is 1.21 bits per heavy atom. The molecule has 0 aliphatic heterocycles. The van der Waals surface area contributed by atoms with Gasteiger partial charge in [0.25, 0.3) is 0 Å². The van der Waals surface area contributed by atoms with E-state index in [0.717, 1.165) is 25.7 Å². The molecule has 0 radical (unpaired) electrons. The van der Waals surface area contributed by atoms with Gasteiger partial charge in [0.1, 0.15) is 6.10 Å². The number of phenolic OH excluding ortho intramolecular Hbond substituents is 1. The Kier molecular flexibility index (Phi) is 8.56. The summed E-state index contributed by atoms with van der Waals surface area (Å²) in [6, 6.07) is 5.00. The van der Waals surface area contributed by atoms with E-state index in [1.165, 1.54) is 24.3 Å². The first-order valence-electron chi connectivity index (χ1n) is 10.4. The molecule has 4 heteroatoms. The van der Waals surface area contributed by atoms with E-state index >= 15 is 0 Å². The second kappa shape index (κ2) is 10.9. The lowest BCUT2D eigenvalue weighted by Gasteiger charge is -2.29. The van der Waals surface area contributed by atoms with Crippen molar-refractivity contribution in [1.82, 2.24) is 0 Å². The summed E-state index contributed by atoms with van der Waals surface area (Å²) in [5.41, 5.74) is 3.37. The van der Waals surface area contributed by atoms with Crippen molar-refractivity contribution in [1.29, 1.82) is 0 Å². The van der Waals surface area contributed by atoms with Crippen LogP contribution in [-0.2, 0) is 9.53 Å². The van der Waals surface area contributed by atoms with Crippen LogP contribution in [0.4, 0.5) is 0 Å². The number of hydrogen-bond acceptors (Lipinski definition) is 4. The SMILES string of the molecule is COc1ccc(/C=C/C(=O)O[C@H]2/C=C(\C)CC/C=C(\C)CC[C@H]2C(C)C)cc1O. The van der Waals surface area contributed by atoms with Gasteiger partial charge in [0.05, 0.1) is 7.11 Å². The van der Waals surface area contributed by atoms with E-state index in [-0.39, 0.29) is 23.7 Å². The van der Waals surface area contributed by atoms with Crippen LogP contribution < -0.4 is 4.74 Å². The van der Waals surface area contributed by atoms with Crippen molar-refractivity contribution in [2.75, 3.05) is 7.11 Å². The fourth-order valence-electron chi connectivity index (χ4n) is 3.68. The number of benzene rings is 1. The number of ether oxygens (including phenoxy) is 2. The van der Waals surface area contributed by atoms with Crippen LogP contribution in [0.3, 0.4) is 0 Å². The van der Waals surface area contributed by atoms with Gasteiger partial charge in [-0.15, -0.1) is 0 Å². The molecular formula is C25H34O4. The average molecular weight is 399 g/mol. The molecule has 1 aromatic rings. The van der Waals surface area contributed by atoms with Gasteiger partial charge in [-0.25, -0.2) is 4.79 Å². The summed E-state index contributed by atoms with van der Waals surface area (Å²) >= 11 is 0. The van der Waals surface area contributed by atoms with Crippen molar-refractivity contribution < 1.29 is 19.4 Å². The Hall–Kier alpha value is -2.49. The van der Waals surface area contributed by atoms with Crippen LogP contribution in [-0.4, -0.2) is 24.3 Å². The highest BCUT2D eigenvalue weighted by Gasteiger charge is 2.26. The van der Waals surface area contributed by atoms with Gasteiger partial charge in [-0.2, -0.15) is 0 Å². The number of hydrogen-bond donors (Lipinski definition) is 1. The maximum atomic E-state index is 12.5. The number of aromatic hydroxyl groups is 1. The van der Waals surface area contributed by atoms with Gasteiger partial charge >= 0.3 is 5.97 Å². The lowest BCUT2D eigenvalue weighted by Crippen LogP contribution is -2.29. The minimum Gasteiger partial charge on any atom is -0.504 e. The van der Waals surface area contributed by atoms with E-state index in [2.05, 4.69) is 39.8 Å². The second-order valence-electron chi connectivity index (χ2n) is 8.21. The van der Waals surface area contributed by atoms with Gasteiger partial charge in [-0.3, -0.25) is 0 Å². The Labute approximate surface area is 174 Å². The Balaban J connectivity index is 2.15. The van der Waals surface area contributed by atoms with Crippen molar-refractivity contribution in [2.24, 2.45) is 11.8 Å². The highest BCUT2D eigenvalue weighted by Crippen LogP contribution is 2.29. The summed E-state index contributed by atoms with van der Waals surface area (Å²) in [5.74, 6) is 0.748. The summed E-state index contributed by atoms with van der Waals surface area (Å²) < 4.78 is 10.9. The van der Waals surface area contributed by atoms with Crippen molar-refractivity contribution in [3.63, 3.8) is 0 Å². The zero-order valence-corrected chi connectivity index (χ0v) is 18.3. The van der Waals surface area contributed by atoms with Crippen LogP contribution in [0.25, 0.3) is 6.08 Å². The molecule has 0 amide bonds. The lowest BCUT2D eigenvalue weighted by atomic mass is 9.83. The van der Waals surface area contributed by atoms with E-state index in [0.29, 0.717) is 17.2 Å². The number of rotatable bonds is 5. The molecule has 1 N–H and O–H groups in total. The quantitative estimate of drug-likeness (QED) is 0.372. The molecule has 0 saturated heterocycles. The van der Waals surface area contributed by atoms with E-state index < -0.39 is 0 Å². The third-order valence-electron chi connectivity index (χ3n) is 5.50. The third kappa shape index (κ3) is 7.12. The smallest absolute Gasteiger partial charge is 0.331 e. The normalized spacial score (nSPS) is 24.5. The summed E-state index contributed by atoms with van der Waals surface area (Å²) in [7, 11) is 1.50. The number of methoxy groups -OCH3 is 1. The number of phenols is 1. The molecular weight excluding hydrogens is 364 g/mol. The van der Waals surface area contributed by atoms with Crippen LogP contribution in [0.5, 0.6) is 11.5 Å². The Morgan fingerprint density at radius 3 is 2.62 bits per heavy atom. The van der Waals surface area contributed by atoms with Crippen LogP contribution in [0.15, 0.2) is 47.6 Å². The molecule has 2 rings (SSSR count).